The Morgan fingerprint density at radius 1 is 0.943 bits per heavy atom. The molecule has 5 rings (SSSR count). The second kappa shape index (κ2) is 9.72. The number of fused-ring (bicyclic) bond motifs is 2. The third kappa shape index (κ3) is 4.17. The maximum absolute atomic E-state index is 13.6. The molecule has 3 atom stereocenters. The van der Waals surface area contributed by atoms with Crippen LogP contribution in [0.4, 0.5) is 0 Å². The minimum atomic E-state index is -0.278. The molecule has 3 aliphatic rings. The topological polar surface area (TPSA) is 76.2 Å². The number of amides is 3. The molecule has 1 saturated heterocycles. The Bertz CT molecular complexity index is 1110. The van der Waals surface area contributed by atoms with E-state index in [-0.39, 0.29) is 48.6 Å². The summed E-state index contributed by atoms with van der Waals surface area (Å²) in [4.78, 5) is 42.5. The van der Waals surface area contributed by atoms with E-state index in [0.29, 0.717) is 24.5 Å². The van der Waals surface area contributed by atoms with Gasteiger partial charge in [0.05, 0.1) is 32.1 Å². The monoisotopic (exact) mass is 476 g/mol. The van der Waals surface area contributed by atoms with Gasteiger partial charge in [0.15, 0.2) is 11.5 Å². The van der Waals surface area contributed by atoms with E-state index in [1.54, 1.807) is 14.2 Å². The van der Waals surface area contributed by atoms with E-state index in [1.165, 1.54) is 4.90 Å². The number of methoxy groups -OCH3 is 2. The van der Waals surface area contributed by atoms with Gasteiger partial charge in [-0.2, -0.15) is 0 Å². The van der Waals surface area contributed by atoms with Crippen LogP contribution in [0.5, 0.6) is 11.5 Å². The molecule has 2 aliphatic heterocycles. The number of hydrogen-bond acceptors (Lipinski definition) is 5. The average Bonchev–Trinajstić information content (AvgIpc) is 3.15. The summed E-state index contributed by atoms with van der Waals surface area (Å²) in [6.45, 7) is 0.703. The molecule has 184 valence electrons. The fraction of sp³-hybridized carbons (Fsp3) is 0.464. The lowest BCUT2D eigenvalue weighted by atomic mass is 9.81. The summed E-state index contributed by atoms with van der Waals surface area (Å²) in [5.74, 6) is 0.679. The van der Waals surface area contributed by atoms with Crippen molar-refractivity contribution >= 4 is 17.7 Å². The molecule has 0 N–H and O–H groups in total. The molecule has 2 heterocycles. The van der Waals surface area contributed by atoms with Crippen LogP contribution in [0.25, 0.3) is 0 Å². The first-order valence-corrected chi connectivity index (χ1v) is 12.5. The minimum absolute atomic E-state index is 0.0604. The highest BCUT2D eigenvalue weighted by Crippen LogP contribution is 2.42. The maximum atomic E-state index is 13.6. The van der Waals surface area contributed by atoms with Crippen LogP contribution >= 0.6 is 0 Å². The lowest BCUT2D eigenvalue weighted by molar-refractivity contribution is -0.141. The number of imide groups is 1. The Kier molecular flexibility index (Phi) is 6.50. The molecule has 3 unspecified atom stereocenters. The summed E-state index contributed by atoms with van der Waals surface area (Å²) in [6, 6.07) is 13.6. The zero-order valence-electron chi connectivity index (χ0n) is 20.4. The van der Waals surface area contributed by atoms with Crippen LogP contribution in [0, 0.1) is 11.8 Å². The number of hydrogen-bond donors (Lipinski definition) is 0. The Labute approximate surface area is 206 Å². The van der Waals surface area contributed by atoms with Crippen molar-refractivity contribution in [1.29, 1.82) is 0 Å². The number of likely N-dealkylation sites (tertiary alicyclic amines) is 1. The lowest BCUT2D eigenvalue weighted by Crippen LogP contribution is -2.42. The summed E-state index contributed by atoms with van der Waals surface area (Å²) in [6.07, 6.45) is 4.37. The first-order valence-electron chi connectivity index (χ1n) is 12.5. The molecule has 1 aliphatic carbocycles. The molecule has 0 spiro atoms. The van der Waals surface area contributed by atoms with Crippen molar-refractivity contribution in [3.05, 3.63) is 59.2 Å². The van der Waals surface area contributed by atoms with Crippen LogP contribution in [0.15, 0.2) is 42.5 Å². The summed E-state index contributed by atoms with van der Waals surface area (Å²) in [7, 11) is 3.23. The summed E-state index contributed by atoms with van der Waals surface area (Å²) >= 11 is 0. The van der Waals surface area contributed by atoms with Gasteiger partial charge in [-0.3, -0.25) is 19.3 Å². The fourth-order valence-electron chi connectivity index (χ4n) is 6.01. The van der Waals surface area contributed by atoms with Crippen LogP contribution in [0.2, 0.25) is 0 Å². The molecule has 2 aromatic carbocycles. The predicted molar refractivity (Wildman–Crippen MR) is 130 cm³/mol. The molecule has 3 amide bonds. The molecule has 1 saturated carbocycles. The van der Waals surface area contributed by atoms with E-state index < -0.39 is 0 Å². The molecular weight excluding hydrogens is 444 g/mol. The quantitative estimate of drug-likeness (QED) is 0.594. The van der Waals surface area contributed by atoms with Gasteiger partial charge >= 0.3 is 0 Å². The Hall–Kier alpha value is -3.35. The van der Waals surface area contributed by atoms with Crippen molar-refractivity contribution in [3.63, 3.8) is 0 Å². The van der Waals surface area contributed by atoms with Crippen molar-refractivity contribution in [3.8, 4) is 11.5 Å². The summed E-state index contributed by atoms with van der Waals surface area (Å²) in [5.41, 5.74) is 3.13. The standard InChI is InChI=1S/C28H32N2O5/c1-34-23-16-19-12-14-29(26(18-8-4-3-5-9-18)22(19)17-24(23)35-2)25(31)13-15-30-27(32)20-10-6-7-11-21(20)28(30)33/h3-5,8-9,16-17,20-21,26H,6-7,10-15H2,1-2H3. The normalized spacial score (nSPS) is 23.7. The number of carbonyl (C=O) groups excluding carboxylic acids is 3. The van der Waals surface area contributed by atoms with Crippen LogP contribution in [0.3, 0.4) is 0 Å². The second-order valence-corrected chi connectivity index (χ2v) is 9.63. The van der Waals surface area contributed by atoms with Crippen LogP contribution in [0.1, 0.15) is 54.8 Å². The van der Waals surface area contributed by atoms with E-state index in [9.17, 15) is 14.4 Å². The number of ether oxygens (including phenoxy) is 2. The van der Waals surface area contributed by atoms with Gasteiger partial charge in [0.1, 0.15) is 0 Å². The molecule has 2 fully saturated rings. The molecule has 35 heavy (non-hydrogen) atoms. The molecule has 2 aromatic rings. The lowest BCUT2D eigenvalue weighted by Gasteiger charge is -2.38. The molecule has 7 heteroatoms. The smallest absolute Gasteiger partial charge is 0.233 e. The third-order valence-corrected chi connectivity index (χ3v) is 7.79. The Balaban J connectivity index is 1.40. The third-order valence-electron chi connectivity index (χ3n) is 7.79. The van der Waals surface area contributed by atoms with Crippen LogP contribution in [-0.4, -0.2) is 54.8 Å². The van der Waals surface area contributed by atoms with Gasteiger partial charge in [0, 0.05) is 19.5 Å². The van der Waals surface area contributed by atoms with E-state index in [4.69, 9.17) is 9.47 Å². The van der Waals surface area contributed by atoms with E-state index in [1.807, 2.05) is 47.4 Å². The van der Waals surface area contributed by atoms with Crippen molar-refractivity contribution in [2.75, 3.05) is 27.3 Å². The van der Waals surface area contributed by atoms with E-state index in [2.05, 4.69) is 0 Å². The minimum Gasteiger partial charge on any atom is -0.493 e. The predicted octanol–water partition coefficient (Wildman–Crippen LogP) is 3.74. The highest BCUT2D eigenvalue weighted by molar-refractivity contribution is 6.05. The van der Waals surface area contributed by atoms with Crippen molar-refractivity contribution < 1.29 is 23.9 Å². The number of benzene rings is 2. The van der Waals surface area contributed by atoms with Crippen molar-refractivity contribution in [2.45, 2.75) is 44.6 Å². The zero-order valence-corrected chi connectivity index (χ0v) is 20.4. The van der Waals surface area contributed by atoms with E-state index in [0.717, 1.165) is 42.4 Å². The number of rotatable bonds is 6. The second-order valence-electron chi connectivity index (χ2n) is 9.63. The zero-order chi connectivity index (χ0) is 24.5. The van der Waals surface area contributed by atoms with Crippen molar-refractivity contribution in [1.82, 2.24) is 9.80 Å². The molecule has 0 aromatic heterocycles. The molecule has 0 radical (unpaired) electrons. The molecule has 0 bridgehead atoms. The van der Waals surface area contributed by atoms with Gasteiger partial charge in [-0.25, -0.2) is 0 Å². The molecular formula is C28H32N2O5. The highest BCUT2D eigenvalue weighted by Gasteiger charge is 2.48. The number of nitrogens with zero attached hydrogens (tertiary/aromatic N) is 2. The van der Waals surface area contributed by atoms with Gasteiger partial charge in [-0.1, -0.05) is 43.2 Å². The van der Waals surface area contributed by atoms with Crippen LogP contribution < -0.4 is 9.47 Å². The van der Waals surface area contributed by atoms with Gasteiger partial charge < -0.3 is 14.4 Å². The maximum Gasteiger partial charge on any atom is 0.233 e. The van der Waals surface area contributed by atoms with Crippen molar-refractivity contribution in [2.24, 2.45) is 11.8 Å². The van der Waals surface area contributed by atoms with Crippen LogP contribution in [-0.2, 0) is 20.8 Å². The first kappa shape index (κ1) is 23.4. The fourth-order valence-corrected chi connectivity index (χ4v) is 6.01. The summed E-state index contributed by atoms with van der Waals surface area (Å²) < 4.78 is 11.1. The van der Waals surface area contributed by atoms with Gasteiger partial charge in [0.25, 0.3) is 0 Å². The van der Waals surface area contributed by atoms with Gasteiger partial charge in [0.2, 0.25) is 17.7 Å². The average molecular weight is 477 g/mol. The molecule has 7 nitrogen and oxygen atoms in total. The van der Waals surface area contributed by atoms with Gasteiger partial charge in [-0.05, 0) is 48.1 Å². The summed E-state index contributed by atoms with van der Waals surface area (Å²) in [5, 5.41) is 0. The first-order chi connectivity index (χ1) is 17.0. The Morgan fingerprint density at radius 2 is 1.57 bits per heavy atom. The Morgan fingerprint density at radius 3 is 2.20 bits per heavy atom. The number of carbonyl (C=O) groups is 3. The SMILES string of the molecule is COc1cc2c(cc1OC)C(c1ccccc1)N(C(=O)CCN1C(=O)C3CCCCC3C1=O)CC2. The highest BCUT2D eigenvalue weighted by atomic mass is 16.5. The largest absolute Gasteiger partial charge is 0.493 e. The van der Waals surface area contributed by atoms with E-state index >= 15 is 0 Å². The van der Waals surface area contributed by atoms with Gasteiger partial charge in [-0.15, -0.1) is 0 Å².